The highest BCUT2D eigenvalue weighted by Gasteiger charge is 2.19. The van der Waals surface area contributed by atoms with Crippen LogP contribution in [0.5, 0.6) is 0 Å². The highest BCUT2D eigenvalue weighted by molar-refractivity contribution is 5.97. The molecule has 0 N–H and O–H groups in total. The summed E-state index contributed by atoms with van der Waals surface area (Å²) in [5, 5.41) is 4.06. The molecule has 6 nitrogen and oxygen atoms in total. The molecule has 0 saturated heterocycles. The maximum atomic E-state index is 12.3. The van der Waals surface area contributed by atoms with E-state index in [2.05, 4.69) is 10.1 Å². The van der Waals surface area contributed by atoms with Crippen molar-refractivity contribution in [2.45, 2.75) is 25.5 Å². The Bertz CT molecular complexity index is 833. The molecule has 0 radical (unpaired) electrons. The smallest absolute Gasteiger partial charge is 0.306 e. The Morgan fingerprint density at radius 1 is 0.962 bits per heavy atom. The number of esters is 1. The Hall–Kier alpha value is -3.28. The maximum absolute atomic E-state index is 12.3. The van der Waals surface area contributed by atoms with Crippen LogP contribution in [0.4, 0.5) is 0 Å². The van der Waals surface area contributed by atoms with Crippen molar-refractivity contribution in [1.82, 2.24) is 14.8 Å². The second kappa shape index (κ2) is 8.71. The molecular weight excluding hydrogens is 330 g/mol. The van der Waals surface area contributed by atoms with Gasteiger partial charge in [-0.25, -0.2) is 9.67 Å². The second-order valence-electron chi connectivity index (χ2n) is 5.80. The van der Waals surface area contributed by atoms with Crippen molar-refractivity contribution in [1.29, 1.82) is 0 Å². The van der Waals surface area contributed by atoms with Gasteiger partial charge in [-0.3, -0.25) is 9.59 Å². The van der Waals surface area contributed by atoms with Crippen LogP contribution in [0.15, 0.2) is 73.3 Å². The van der Waals surface area contributed by atoms with Gasteiger partial charge in [0, 0.05) is 12.0 Å². The summed E-state index contributed by atoms with van der Waals surface area (Å²) in [5.74, 6) is -0.488. The lowest BCUT2D eigenvalue weighted by Crippen LogP contribution is -2.18. The molecule has 1 heterocycles. The van der Waals surface area contributed by atoms with Crippen LogP contribution in [-0.4, -0.2) is 26.5 Å². The Kier molecular flexibility index (Phi) is 5.88. The summed E-state index contributed by atoms with van der Waals surface area (Å²) >= 11 is 0. The third kappa shape index (κ3) is 4.86. The van der Waals surface area contributed by atoms with Crippen LogP contribution in [0.3, 0.4) is 0 Å². The fourth-order valence-electron chi connectivity index (χ4n) is 2.58. The summed E-state index contributed by atoms with van der Waals surface area (Å²) in [5.41, 5.74) is 1.47. The van der Waals surface area contributed by atoms with Crippen molar-refractivity contribution < 1.29 is 14.3 Å². The monoisotopic (exact) mass is 349 g/mol. The first-order chi connectivity index (χ1) is 12.7. The van der Waals surface area contributed by atoms with Gasteiger partial charge in [-0.1, -0.05) is 60.7 Å². The zero-order valence-electron chi connectivity index (χ0n) is 14.2. The zero-order valence-corrected chi connectivity index (χ0v) is 14.2. The van der Waals surface area contributed by atoms with Crippen LogP contribution in [0.2, 0.25) is 0 Å². The lowest BCUT2D eigenvalue weighted by atomic mass is 10.1. The summed E-state index contributed by atoms with van der Waals surface area (Å²) in [4.78, 5) is 28.3. The molecular formula is C20H19N3O3. The SMILES string of the molecule is O=C(CCC(=O)c1ccccc1)OC(Cn1cncn1)c1ccccc1. The normalized spacial score (nSPS) is 11.7. The number of benzene rings is 2. The van der Waals surface area contributed by atoms with Crippen LogP contribution >= 0.6 is 0 Å². The van der Waals surface area contributed by atoms with Crippen LogP contribution in [0, 0.1) is 0 Å². The lowest BCUT2D eigenvalue weighted by molar-refractivity contribution is -0.150. The van der Waals surface area contributed by atoms with Crippen LogP contribution in [-0.2, 0) is 16.1 Å². The standard InChI is InChI=1S/C20H19N3O3/c24-18(16-7-3-1-4-8-16)11-12-20(25)26-19(13-23-15-21-14-22-23)17-9-5-2-6-10-17/h1-10,14-15,19H,11-13H2. The van der Waals surface area contributed by atoms with E-state index in [0.717, 1.165) is 5.56 Å². The number of hydrogen-bond acceptors (Lipinski definition) is 5. The minimum absolute atomic E-state index is 0.0361. The molecule has 1 unspecified atom stereocenters. The number of hydrogen-bond donors (Lipinski definition) is 0. The summed E-state index contributed by atoms with van der Waals surface area (Å²) in [6.45, 7) is 0.363. The molecule has 3 aromatic rings. The van der Waals surface area contributed by atoms with Crippen molar-refractivity contribution in [2.24, 2.45) is 0 Å². The molecule has 0 aliphatic carbocycles. The molecule has 0 spiro atoms. The highest BCUT2D eigenvalue weighted by Crippen LogP contribution is 2.20. The maximum Gasteiger partial charge on any atom is 0.306 e. The lowest BCUT2D eigenvalue weighted by Gasteiger charge is -2.18. The Morgan fingerprint density at radius 2 is 1.65 bits per heavy atom. The van der Waals surface area contributed by atoms with E-state index in [-0.39, 0.29) is 18.6 Å². The van der Waals surface area contributed by atoms with Gasteiger partial charge >= 0.3 is 5.97 Å². The summed E-state index contributed by atoms with van der Waals surface area (Å²) < 4.78 is 7.23. The molecule has 0 fully saturated rings. The van der Waals surface area contributed by atoms with Gasteiger partial charge in [-0.2, -0.15) is 5.10 Å². The average molecular weight is 349 g/mol. The number of ether oxygens (including phenoxy) is 1. The van der Waals surface area contributed by atoms with Crippen molar-refractivity contribution in [3.8, 4) is 0 Å². The average Bonchev–Trinajstić information content (AvgIpc) is 3.20. The van der Waals surface area contributed by atoms with Crippen LogP contribution in [0.25, 0.3) is 0 Å². The predicted octanol–water partition coefficient (Wildman–Crippen LogP) is 3.23. The van der Waals surface area contributed by atoms with Crippen molar-refractivity contribution in [2.75, 3.05) is 0 Å². The Balaban J connectivity index is 1.61. The van der Waals surface area contributed by atoms with E-state index >= 15 is 0 Å². The third-order valence-corrected chi connectivity index (χ3v) is 3.92. The zero-order chi connectivity index (χ0) is 18.2. The minimum atomic E-state index is -0.489. The fraction of sp³-hybridized carbons (Fsp3) is 0.200. The molecule has 132 valence electrons. The van der Waals surface area contributed by atoms with Crippen molar-refractivity contribution in [3.63, 3.8) is 0 Å². The molecule has 0 bridgehead atoms. The van der Waals surface area contributed by atoms with Gasteiger partial charge in [0.05, 0.1) is 13.0 Å². The summed E-state index contributed by atoms with van der Waals surface area (Å²) in [6, 6.07) is 18.4. The van der Waals surface area contributed by atoms with Gasteiger partial charge in [-0.05, 0) is 5.56 Å². The summed E-state index contributed by atoms with van der Waals surface area (Å²) in [7, 11) is 0. The number of nitrogens with zero attached hydrogens (tertiary/aromatic N) is 3. The number of carbonyl (C=O) groups excluding carboxylic acids is 2. The first-order valence-corrected chi connectivity index (χ1v) is 8.37. The van der Waals surface area contributed by atoms with Crippen molar-refractivity contribution in [3.05, 3.63) is 84.4 Å². The predicted molar refractivity (Wildman–Crippen MR) is 95.3 cm³/mol. The molecule has 6 heteroatoms. The number of ketones is 1. The molecule has 1 atom stereocenters. The molecule has 26 heavy (non-hydrogen) atoms. The number of rotatable bonds is 8. The fourth-order valence-corrected chi connectivity index (χ4v) is 2.58. The number of Topliss-reactive ketones (excluding diaryl/α,β-unsaturated/α-hetero) is 1. The summed E-state index contributed by atoms with van der Waals surface area (Å²) in [6.07, 6.45) is 2.67. The first kappa shape index (κ1) is 17.5. The minimum Gasteiger partial charge on any atom is -0.455 e. The van der Waals surface area contributed by atoms with E-state index < -0.39 is 12.1 Å². The molecule has 0 amide bonds. The van der Waals surface area contributed by atoms with E-state index in [4.69, 9.17) is 4.74 Å². The molecule has 3 rings (SSSR count). The van der Waals surface area contributed by atoms with E-state index in [1.54, 1.807) is 35.3 Å². The van der Waals surface area contributed by atoms with Crippen molar-refractivity contribution >= 4 is 11.8 Å². The van der Waals surface area contributed by atoms with Crippen LogP contribution in [0.1, 0.15) is 34.9 Å². The van der Waals surface area contributed by atoms with Crippen LogP contribution < -0.4 is 0 Å². The van der Waals surface area contributed by atoms with E-state index in [0.29, 0.717) is 12.1 Å². The van der Waals surface area contributed by atoms with E-state index in [1.165, 1.54) is 6.33 Å². The quantitative estimate of drug-likeness (QED) is 0.461. The number of carbonyl (C=O) groups is 2. The molecule has 0 aliphatic heterocycles. The van der Waals surface area contributed by atoms with Gasteiger partial charge in [0.25, 0.3) is 0 Å². The second-order valence-corrected chi connectivity index (χ2v) is 5.80. The molecule has 1 aromatic heterocycles. The largest absolute Gasteiger partial charge is 0.455 e. The third-order valence-electron chi connectivity index (χ3n) is 3.92. The van der Waals surface area contributed by atoms with Gasteiger partial charge in [0.15, 0.2) is 5.78 Å². The van der Waals surface area contributed by atoms with E-state index in [9.17, 15) is 9.59 Å². The van der Waals surface area contributed by atoms with Gasteiger partial charge in [0.2, 0.25) is 0 Å². The Morgan fingerprint density at radius 3 is 2.31 bits per heavy atom. The molecule has 2 aromatic carbocycles. The Labute approximate surface area is 151 Å². The highest BCUT2D eigenvalue weighted by atomic mass is 16.5. The van der Waals surface area contributed by atoms with Gasteiger partial charge in [0.1, 0.15) is 18.8 Å². The van der Waals surface area contributed by atoms with Gasteiger partial charge < -0.3 is 4.74 Å². The molecule has 0 saturated carbocycles. The van der Waals surface area contributed by atoms with Gasteiger partial charge in [-0.15, -0.1) is 0 Å². The number of aromatic nitrogens is 3. The molecule has 0 aliphatic rings. The van der Waals surface area contributed by atoms with E-state index in [1.807, 2.05) is 36.4 Å². The first-order valence-electron chi connectivity index (χ1n) is 8.37. The topological polar surface area (TPSA) is 74.1 Å².